The number of ether oxygens (including phenoxy) is 2. The van der Waals surface area contributed by atoms with Crippen LogP contribution in [0.2, 0.25) is 0 Å². The minimum absolute atomic E-state index is 0.734. The number of hydrogen-bond donors (Lipinski definition) is 0. The molecule has 3 aliphatic rings. The van der Waals surface area contributed by atoms with E-state index >= 15 is 0 Å². The average molecular weight is 441 g/mol. The van der Waals surface area contributed by atoms with Gasteiger partial charge < -0.3 is 9.47 Å². The minimum atomic E-state index is -0.769. The van der Waals surface area contributed by atoms with E-state index in [1.54, 1.807) is 0 Å². The number of rotatable bonds is 0. The van der Waals surface area contributed by atoms with Crippen LogP contribution in [0.25, 0.3) is 27.6 Å². The maximum atomic E-state index is 6.52. The van der Waals surface area contributed by atoms with Gasteiger partial charge in [0, 0.05) is 11.5 Å². The quantitative estimate of drug-likeness (QED) is 0.334. The molecule has 1 spiro atoms. The fourth-order valence-electron chi connectivity index (χ4n) is 6.18. The van der Waals surface area contributed by atoms with Crippen molar-refractivity contribution in [3.63, 3.8) is 0 Å². The van der Waals surface area contributed by atoms with Crippen LogP contribution in [0.1, 0.15) is 5.56 Å². The average Bonchev–Trinajstić information content (AvgIpc) is 3.22. The van der Waals surface area contributed by atoms with E-state index in [1.165, 1.54) is 16.3 Å². The molecule has 9 rings (SSSR count). The maximum Gasteiger partial charge on any atom is 0.556 e. The van der Waals surface area contributed by atoms with E-state index in [0.717, 1.165) is 40.3 Å². The molecule has 0 fully saturated rings. The largest absolute Gasteiger partial charge is 0.556 e. The second kappa shape index (κ2) is 5.43. The molecule has 0 radical (unpaired) electrons. The molecule has 6 heteroatoms. The van der Waals surface area contributed by atoms with E-state index in [0.29, 0.717) is 0 Å². The third-order valence-corrected chi connectivity index (χ3v) is 7.34. The van der Waals surface area contributed by atoms with Gasteiger partial charge in [0.2, 0.25) is 5.56 Å². The van der Waals surface area contributed by atoms with Crippen molar-refractivity contribution in [2.75, 3.05) is 0 Å². The Kier molecular flexibility index (Phi) is 2.69. The van der Waals surface area contributed by atoms with Gasteiger partial charge in [-0.15, -0.1) is 4.57 Å². The topological polar surface area (TPSA) is 35.0 Å². The van der Waals surface area contributed by atoms with Crippen LogP contribution in [0.15, 0.2) is 103 Å². The SMILES string of the molecule is c1cc2c3c(c1)-n1c4ccccc4c4ccc[n+](c41)C31[n+]3ccccc3Oc3cccc([n+]31)O2. The molecule has 0 bridgehead atoms. The van der Waals surface area contributed by atoms with Gasteiger partial charge >= 0.3 is 29.1 Å². The van der Waals surface area contributed by atoms with Crippen LogP contribution < -0.4 is 23.2 Å². The van der Waals surface area contributed by atoms with Crippen molar-refractivity contribution in [3.8, 4) is 29.1 Å². The zero-order chi connectivity index (χ0) is 22.0. The van der Waals surface area contributed by atoms with Crippen LogP contribution in [0, 0.1) is 0 Å². The van der Waals surface area contributed by atoms with Gasteiger partial charge in [0.1, 0.15) is 11.7 Å². The van der Waals surface area contributed by atoms with Gasteiger partial charge in [0.25, 0.3) is 0 Å². The number of aromatic nitrogens is 4. The molecule has 6 aromatic rings. The monoisotopic (exact) mass is 441 g/mol. The van der Waals surface area contributed by atoms with Gasteiger partial charge in [-0.3, -0.25) is 0 Å². The summed E-state index contributed by atoms with van der Waals surface area (Å²) in [7, 11) is 0. The Balaban J connectivity index is 1.64. The summed E-state index contributed by atoms with van der Waals surface area (Å²) in [6, 6.07) is 31.4. The Morgan fingerprint density at radius 1 is 0.618 bits per heavy atom. The Bertz CT molecular complexity index is 1880. The van der Waals surface area contributed by atoms with Gasteiger partial charge in [-0.25, -0.2) is 0 Å². The van der Waals surface area contributed by atoms with Crippen LogP contribution in [-0.2, 0) is 5.79 Å². The van der Waals surface area contributed by atoms with Crippen LogP contribution in [-0.4, -0.2) is 4.57 Å². The molecule has 158 valence electrons. The number of pyridine rings is 3. The first kappa shape index (κ1) is 16.9. The van der Waals surface area contributed by atoms with Crippen LogP contribution in [0.5, 0.6) is 23.4 Å². The lowest BCUT2D eigenvalue weighted by atomic mass is 9.97. The van der Waals surface area contributed by atoms with E-state index in [4.69, 9.17) is 9.47 Å². The molecule has 4 aromatic heterocycles. The standard InChI is InChI=1S/C28H17N4O2/c1-2-10-20-18(8-1)19-9-7-17-30-27(19)31(20)21-11-5-12-22-26(21)28(30)29-16-4-3-13-23(29)34-25-15-6-14-24(33-22)32(25)28/h1-17H/q+3. The first-order chi connectivity index (χ1) is 16.9. The van der Waals surface area contributed by atoms with Crippen molar-refractivity contribution in [2.45, 2.75) is 5.79 Å². The smallest absolute Gasteiger partial charge is 0.403 e. The van der Waals surface area contributed by atoms with E-state index in [-0.39, 0.29) is 0 Å². The molecular weight excluding hydrogens is 424 g/mol. The van der Waals surface area contributed by atoms with Crippen molar-refractivity contribution >= 4 is 21.9 Å². The van der Waals surface area contributed by atoms with Crippen molar-refractivity contribution in [1.82, 2.24) is 4.57 Å². The summed E-state index contributed by atoms with van der Waals surface area (Å²) in [5.41, 5.74) is 4.49. The summed E-state index contributed by atoms with van der Waals surface area (Å²) in [5.74, 6) is 2.31. The number of nitrogens with zero attached hydrogens (tertiary/aromatic N) is 4. The second-order valence-electron chi connectivity index (χ2n) is 8.90. The molecule has 7 heterocycles. The van der Waals surface area contributed by atoms with E-state index in [9.17, 15) is 0 Å². The molecule has 34 heavy (non-hydrogen) atoms. The highest BCUT2D eigenvalue weighted by atomic mass is 16.5. The second-order valence-corrected chi connectivity index (χ2v) is 8.90. The van der Waals surface area contributed by atoms with Gasteiger partial charge in [-0.05, 0) is 53.1 Å². The first-order valence-electron chi connectivity index (χ1n) is 11.4. The lowest BCUT2D eigenvalue weighted by Crippen LogP contribution is -2.90. The predicted molar refractivity (Wildman–Crippen MR) is 122 cm³/mol. The fourth-order valence-corrected chi connectivity index (χ4v) is 6.18. The van der Waals surface area contributed by atoms with E-state index < -0.39 is 5.79 Å². The fraction of sp³-hybridized carbons (Fsp3) is 0.0357. The zero-order valence-corrected chi connectivity index (χ0v) is 17.9. The van der Waals surface area contributed by atoms with Gasteiger partial charge in [0.05, 0.1) is 23.6 Å². The molecule has 3 aliphatic heterocycles. The van der Waals surface area contributed by atoms with Crippen molar-refractivity contribution in [1.29, 1.82) is 0 Å². The first-order valence-corrected chi connectivity index (χ1v) is 11.4. The van der Waals surface area contributed by atoms with Crippen molar-refractivity contribution in [3.05, 3.63) is 109 Å². The van der Waals surface area contributed by atoms with Gasteiger partial charge in [-0.1, -0.05) is 22.8 Å². The van der Waals surface area contributed by atoms with Crippen molar-refractivity contribution in [2.24, 2.45) is 0 Å². The third kappa shape index (κ3) is 1.64. The minimum Gasteiger partial charge on any atom is -0.403 e. The number of para-hydroxylation sites is 1. The molecule has 1 unspecified atom stereocenters. The molecule has 0 saturated carbocycles. The molecule has 2 aromatic carbocycles. The summed E-state index contributed by atoms with van der Waals surface area (Å²) in [5, 5.41) is 2.43. The summed E-state index contributed by atoms with van der Waals surface area (Å²) in [4.78, 5) is 0. The van der Waals surface area contributed by atoms with Crippen LogP contribution in [0.4, 0.5) is 0 Å². The molecule has 0 N–H and O–H groups in total. The van der Waals surface area contributed by atoms with Gasteiger partial charge in [-0.2, -0.15) is 4.57 Å². The molecule has 1 atom stereocenters. The Hall–Kier alpha value is -4.71. The number of hydrogen-bond acceptors (Lipinski definition) is 2. The zero-order valence-electron chi connectivity index (χ0n) is 17.9. The van der Waals surface area contributed by atoms with E-state index in [1.807, 2.05) is 30.3 Å². The van der Waals surface area contributed by atoms with Crippen LogP contribution >= 0.6 is 0 Å². The maximum absolute atomic E-state index is 6.52. The summed E-state index contributed by atoms with van der Waals surface area (Å²) in [6.07, 6.45) is 4.27. The van der Waals surface area contributed by atoms with Crippen LogP contribution in [0.3, 0.4) is 0 Å². The normalized spacial score (nSPS) is 18.0. The lowest BCUT2D eigenvalue weighted by Gasteiger charge is -2.33. The predicted octanol–water partition coefficient (Wildman–Crippen LogP) is 3.93. The highest BCUT2D eigenvalue weighted by Crippen LogP contribution is 2.46. The molecule has 0 saturated heterocycles. The molecule has 6 nitrogen and oxygen atoms in total. The van der Waals surface area contributed by atoms with Crippen molar-refractivity contribution < 1.29 is 23.2 Å². The summed E-state index contributed by atoms with van der Waals surface area (Å²) >= 11 is 0. The molecule has 0 amide bonds. The highest BCUT2D eigenvalue weighted by Gasteiger charge is 2.73. The highest BCUT2D eigenvalue weighted by molar-refractivity contribution is 6.07. The molecular formula is C28H17N4O2+3. The number of fused-ring (bicyclic) bond motifs is 5. The Morgan fingerprint density at radius 3 is 2.35 bits per heavy atom. The number of benzene rings is 2. The van der Waals surface area contributed by atoms with Gasteiger partial charge in [0.15, 0.2) is 17.6 Å². The Labute approximate surface area is 193 Å². The summed E-state index contributed by atoms with van der Waals surface area (Å²) < 4.78 is 22.0. The third-order valence-electron chi connectivity index (χ3n) is 7.34. The Morgan fingerprint density at radius 2 is 1.38 bits per heavy atom. The molecule has 0 aliphatic carbocycles. The van der Waals surface area contributed by atoms with E-state index in [2.05, 4.69) is 91.3 Å². The lowest BCUT2D eigenvalue weighted by molar-refractivity contribution is -1.16. The summed E-state index contributed by atoms with van der Waals surface area (Å²) in [6.45, 7) is 0.